The van der Waals surface area contributed by atoms with Crippen molar-refractivity contribution in [3.63, 3.8) is 0 Å². The van der Waals surface area contributed by atoms with Gasteiger partial charge in [-0.2, -0.15) is 8.78 Å². The molecule has 0 aliphatic carbocycles. The average Bonchev–Trinajstić information content (AvgIpc) is 2.68. The first-order valence-electron chi connectivity index (χ1n) is 8.36. The van der Waals surface area contributed by atoms with Gasteiger partial charge in [0.1, 0.15) is 5.75 Å². The Balaban J connectivity index is 2.10. The highest BCUT2D eigenvalue weighted by Crippen LogP contribution is 2.26. The molecular formula is C19H19F2NO5S. The van der Waals surface area contributed by atoms with Crippen LogP contribution >= 0.6 is 0 Å². The van der Waals surface area contributed by atoms with Gasteiger partial charge >= 0.3 is 12.6 Å². The molecule has 9 heteroatoms. The molecule has 2 rings (SSSR count). The molecule has 2 unspecified atom stereocenters. The number of ether oxygens (including phenoxy) is 2. The minimum Gasteiger partial charge on any atom is -0.449 e. The molecule has 2 aromatic rings. The number of carbonyl (C=O) groups excluding carboxylic acids is 2. The summed E-state index contributed by atoms with van der Waals surface area (Å²) in [6.45, 7) is 0.000380. The van der Waals surface area contributed by atoms with E-state index in [2.05, 4.69) is 10.1 Å². The summed E-state index contributed by atoms with van der Waals surface area (Å²) in [6.07, 6.45) is -1.23. The van der Waals surface area contributed by atoms with Crippen molar-refractivity contribution in [1.29, 1.82) is 0 Å². The first kappa shape index (κ1) is 21.5. The molecular weight excluding hydrogens is 392 g/mol. The molecule has 2 aromatic carbocycles. The van der Waals surface area contributed by atoms with E-state index in [0.717, 1.165) is 0 Å². The van der Waals surface area contributed by atoms with E-state index in [9.17, 15) is 22.6 Å². The van der Waals surface area contributed by atoms with Crippen LogP contribution in [0.2, 0.25) is 0 Å². The summed E-state index contributed by atoms with van der Waals surface area (Å²) < 4.78 is 46.5. The van der Waals surface area contributed by atoms with Crippen LogP contribution < -0.4 is 10.1 Å². The smallest absolute Gasteiger partial charge is 0.387 e. The molecule has 0 heterocycles. The summed E-state index contributed by atoms with van der Waals surface area (Å²) in [7, 11) is -1.38. The lowest BCUT2D eigenvalue weighted by molar-refractivity contribution is -0.123. The van der Waals surface area contributed by atoms with Gasteiger partial charge in [-0.05, 0) is 31.2 Å². The Morgan fingerprint density at radius 2 is 1.75 bits per heavy atom. The Bertz CT molecular complexity index is 875. The normalized spacial score (nSPS) is 12.9. The van der Waals surface area contributed by atoms with Crippen molar-refractivity contribution in [3.05, 3.63) is 54.1 Å². The molecule has 150 valence electrons. The fraction of sp³-hybridized carbons (Fsp3) is 0.263. The SMILES string of the molecule is CCS(=O)c1ccccc1C(=O)OC(C)C(=O)Nc1ccccc1OC(F)F. The van der Waals surface area contributed by atoms with E-state index in [1.54, 1.807) is 25.1 Å². The molecule has 0 aliphatic heterocycles. The number of amides is 1. The molecule has 0 aromatic heterocycles. The van der Waals surface area contributed by atoms with Gasteiger partial charge in [0.05, 0.1) is 26.9 Å². The maximum atomic E-state index is 12.5. The summed E-state index contributed by atoms with van der Waals surface area (Å²) in [4.78, 5) is 25.0. The van der Waals surface area contributed by atoms with Gasteiger partial charge < -0.3 is 14.8 Å². The number of alkyl halides is 2. The predicted molar refractivity (Wildman–Crippen MR) is 100.0 cm³/mol. The molecule has 1 amide bonds. The van der Waals surface area contributed by atoms with Crippen LogP contribution in [0, 0.1) is 0 Å². The maximum absolute atomic E-state index is 12.5. The molecule has 0 saturated carbocycles. The summed E-state index contributed by atoms with van der Waals surface area (Å²) >= 11 is 0. The van der Waals surface area contributed by atoms with E-state index in [0.29, 0.717) is 10.6 Å². The van der Waals surface area contributed by atoms with E-state index in [1.165, 1.54) is 37.3 Å². The third-order valence-electron chi connectivity index (χ3n) is 3.63. The average molecular weight is 411 g/mol. The van der Waals surface area contributed by atoms with Crippen LogP contribution in [0.4, 0.5) is 14.5 Å². The predicted octanol–water partition coefficient (Wildman–Crippen LogP) is 3.60. The van der Waals surface area contributed by atoms with Gasteiger partial charge in [0.15, 0.2) is 6.10 Å². The van der Waals surface area contributed by atoms with Gasteiger partial charge in [-0.25, -0.2) is 4.79 Å². The number of benzene rings is 2. The van der Waals surface area contributed by atoms with Crippen molar-refractivity contribution in [2.45, 2.75) is 31.5 Å². The van der Waals surface area contributed by atoms with Crippen LogP contribution in [0.3, 0.4) is 0 Å². The quantitative estimate of drug-likeness (QED) is 0.672. The number of halogens is 2. The maximum Gasteiger partial charge on any atom is 0.387 e. The molecule has 0 radical (unpaired) electrons. The molecule has 0 spiro atoms. The molecule has 0 aliphatic rings. The lowest BCUT2D eigenvalue weighted by Gasteiger charge is -2.16. The van der Waals surface area contributed by atoms with E-state index in [1.807, 2.05) is 0 Å². The monoisotopic (exact) mass is 411 g/mol. The van der Waals surface area contributed by atoms with Crippen molar-refractivity contribution < 1.29 is 32.1 Å². The first-order valence-corrected chi connectivity index (χ1v) is 9.68. The Morgan fingerprint density at radius 3 is 2.43 bits per heavy atom. The van der Waals surface area contributed by atoms with E-state index >= 15 is 0 Å². The molecule has 0 bridgehead atoms. The van der Waals surface area contributed by atoms with Crippen LogP contribution in [0.5, 0.6) is 5.75 Å². The van der Waals surface area contributed by atoms with E-state index in [-0.39, 0.29) is 17.0 Å². The number of hydrogen-bond acceptors (Lipinski definition) is 5. The van der Waals surface area contributed by atoms with Crippen LogP contribution in [-0.4, -0.2) is 34.6 Å². The van der Waals surface area contributed by atoms with Crippen molar-refractivity contribution in [3.8, 4) is 5.75 Å². The van der Waals surface area contributed by atoms with Crippen molar-refractivity contribution >= 4 is 28.4 Å². The zero-order chi connectivity index (χ0) is 20.7. The first-order chi connectivity index (χ1) is 13.3. The Morgan fingerprint density at radius 1 is 1.11 bits per heavy atom. The highest BCUT2D eigenvalue weighted by atomic mass is 32.2. The minimum absolute atomic E-state index is 0.0168. The van der Waals surface area contributed by atoms with E-state index < -0.39 is 35.4 Å². The zero-order valence-electron chi connectivity index (χ0n) is 15.2. The number of hydrogen-bond donors (Lipinski definition) is 1. The standard InChI is InChI=1S/C19H19F2NO5S/c1-3-28(25)16-11-7-4-8-13(16)18(24)26-12(2)17(23)22-14-9-5-6-10-15(14)27-19(20)21/h4-12,19H,3H2,1-2H3,(H,22,23). The summed E-state index contributed by atoms with van der Waals surface area (Å²) in [5.41, 5.74) is 0.118. The molecule has 0 fully saturated rings. The third-order valence-corrected chi connectivity index (χ3v) is 5.00. The van der Waals surface area contributed by atoms with Gasteiger partial charge in [-0.1, -0.05) is 31.2 Å². The second kappa shape index (κ2) is 9.93. The van der Waals surface area contributed by atoms with Crippen molar-refractivity contribution in [2.75, 3.05) is 11.1 Å². The lowest BCUT2D eigenvalue weighted by Crippen LogP contribution is -2.30. The number of rotatable bonds is 8. The minimum atomic E-state index is -3.05. The largest absolute Gasteiger partial charge is 0.449 e. The number of anilines is 1. The Hall–Kier alpha value is -2.81. The van der Waals surface area contributed by atoms with E-state index in [4.69, 9.17) is 4.74 Å². The second-order valence-electron chi connectivity index (χ2n) is 5.54. The fourth-order valence-electron chi connectivity index (χ4n) is 2.27. The summed E-state index contributed by atoms with van der Waals surface area (Å²) in [5.74, 6) is -1.43. The number of esters is 1. The number of carbonyl (C=O) groups is 2. The Labute approximate surface area is 163 Å². The third kappa shape index (κ3) is 5.59. The van der Waals surface area contributed by atoms with Crippen LogP contribution in [-0.2, 0) is 20.3 Å². The summed E-state index contributed by atoms with van der Waals surface area (Å²) in [6, 6.07) is 11.9. The van der Waals surface area contributed by atoms with Crippen LogP contribution in [0.15, 0.2) is 53.4 Å². The second-order valence-corrected chi connectivity index (χ2v) is 7.25. The molecule has 0 saturated heterocycles. The van der Waals surface area contributed by atoms with Crippen LogP contribution in [0.25, 0.3) is 0 Å². The van der Waals surface area contributed by atoms with Gasteiger partial charge in [-0.3, -0.25) is 9.00 Å². The van der Waals surface area contributed by atoms with Crippen molar-refractivity contribution in [2.24, 2.45) is 0 Å². The molecule has 2 atom stereocenters. The van der Waals surface area contributed by atoms with Gasteiger partial charge in [0.2, 0.25) is 0 Å². The topological polar surface area (TPSA) is 81.7 Å². The fourth-order valence-corrected chi connectivity index (χ4v) is 3.21. The summed E-state index contributed by atoms with van der Waals surface area (Å²) in [5, 5.41) is 2.39. The van der Waals surface area contributed by atoms with Gasteiger partial charge in [0.25, 0.3) is 5.91 Å². The highest BCUT2D eigenvalue weighted by molar-refractivity contribution is 7.85. The lowest BCUT2D eigenvalue weighted by atomic mass is 10.2. The Kier molecular flexibility index (Phi) is 7.62. The van der Waals surface area contributed by atoms with Gasteiger partial charge in [0, 0.05) is 5.75 Å². The highest BCUT2D eigenvalue weighted by Gasteiger charge is 2.23. The number of nitrogens with one attached hydrogen (secondary N) is 1. The molecule has 6 nitrogen and oxygen atoms in total. The molecule has 1 N–H and O–H groups in total. The molecule has 28 heavy (non-hydrogen) atoms. The van der Waals surface area contributed by atoms with Crippen LogP contribution in [0.1, 0.15) is 24.2 Å². The van der Waals surface area contributed by atoms with Gasteiger partial charge in [-0.15, -0.1) is 0 Å². The van der Waals surface area contributed by atoms with Crippen molar-refractivity contribution in [1.82, 2.24) is 0 Å². The zero-order valence-corrected chi connectivity index (χ0v) is 16.0. The number of para-hydroxylation sites is 2.